The molecule has 2 atom stereocenters. The van der Waals surface area contributed by atoms with Crippen molar-refractivity contribution >= 4 is 5.71 Å². The van der Waals surface area contributed by atoms with Crippen LogP contribution in [0.2, 0.25) is 0 Å². The van der Waals surface area contributed by atoms with Crippen LogP contribution < -0.4 is 5.32 Å². The molecule has 4 nitrogen and oxygen atoms in total. The summed E-state index contributed by atoms with van der Waals surface area (Å²) in [5, 5.41) is 7.07. The second-order valence-corrected chi connectivity index (χ2v) is 7.05. The molecule has 0 unspecified atom stereocenters. The number of piperidine rings is 1. The molecule has 28 heavy (non-hydrogen) atoms. The van der Waals surface area contributed by atoms with Gasteiger partial charge in [0.1, 0.15) is 7.11 Å². The van der Waals surface area contributed by atoms with Crippen LogP contribution in [0.5, 0.6) is 0 Å². The SMILES string of the molecule is CO/N=C1/CC[C@](C)(CO[C@H](C)c2cc(C(F)(F)F)cc(C(F)(F)F)c2)NC1. The van der Waals surface area contributed by atoms with Crippen LogP contribution in [0.3, 0.4) is 0 Å². The van der Waals surface area contributed by atoms with Crippen molar-refractivity contribution in [2.75, 3.05) is 20.3 Å². The summed E-state index contributed by atoms with van der Waals surface area (Å²) in [6, 6.07) is 1.50. The zero-order valence-electron chi connectivity index (χ0n) is 15.7. The molecule has 1 aromatic carbocycles. The molecule has 1 saturated heterocycles. The minimum absolute atomic E-state index is 0.108. The fourth-order valence-electron chi connectivity index (χ4n) is 2.86. The predicted octanol–water partition coefficient (Wildman–Crippen LogP) is 4.95. The van der Waals surface area contributed by atoms with Crippen LogP contribution in [0.15, 0.2) is 23.4 Å². The summed E-state index contributed by atoms with van der Waals surface area (Å²) in [6.45, 7) is 3.88. The van der Waals surface area contributed by atoms with Gasteiger partial charge in [0.2, 0.25) is 0 Å². The Hall–Kier alpha value is -1.81. The normalized spacial score (nSPS) is 23.7. The van der Waals surface area contributed by atoms with E-state index in [1.54, 1.807) is 0 Å². The smallest absolute Gasteiger partial charge is 0.399 e. The maximum absolute atomic E-state index is 13.0. The van der Waals surface area contributed by atoms with Gasteiger partial charge >= 0.3 is 12.4 Å². The van der Waals surface area contributed by atoms with Crippen molar-refractivity contribution in [1.29, 1.82) is 0 Å². The Balaban J connectivity index is 2.13. The van der Waals surface area contributed by atoms with Crippen LogP contribution in [0.25, 0.3) is 0 Å². The van der Waals surface area contributed by atoms with Gasteiger partial charge in [-0.25, -0.2) is 0 Å². The third-order valence-electron chi connectivity index (χ3n) is 4.64. The van der Waals surface area contributed by atoms with E-state index in [4.69, 9.17) is 9.57 Å². The van der Waals surface area contributed by atoms with E-state index in [0.717, 1.165) is 5.71 Å². The molecule has 1 aliphatic rings. The number of benzene rings is 1. The van der Waals surface area contributed by atoms with Gasteiger partial charge in [-0.15, -0.1) is 0 Å². The number of hydrogen-bond donors (Lipinski definition) is 1. The summed E-state index contributed by atoms with van der Waals surface area (Å²) < 4.78 is 83.6. The first-order valence-electron chi connectivity index (χ1n) is 8.59. The van der Waals surface area contributed by atoms with Crippen molar-refractivity contribution < 1.29 is 35.9 Å². The van der Waals surface area contributed by atoms with Crippen LogP contribution in [0.1, 0.15) is 49.5 Å². The maximum Gasteiger partial charge on any atom is 0.416 e. The van der Waals surface area contributed by atoms with Gasteiger partial charge in [-0.05, 0) is 50.5 Å². The molecule has 1 heterocycles. The lowest BCUT2D eigenvalue weighted by Crippen LogP contribution is -2.52. The Bertz CT molecular complexity index is 673. The molecule has 1 N–H and O–H groups in total. The molecule has 0 bridgehead atoms. The third-order valence-corrected chi connectivity index (χ3v) is 4.64. The quantitative estimate of drug-likeness (QED) is 0.550. The Morgan fingerprint density at radius 2 is 1.68 bits per heavy atom. The Kier molecular flexibility index (Phi) is 6.65. The van der Waals surface area contributed by atoms with Crippen molar-refractivity contribution in [2.45, 2.75) is 50.7 Å². The number of halogens is 6. The molecule has 10 heteroatoms. The molecule has 1 fully saturated rings. The standard InChI is InChI=1S/C18H22F6N2O2/c1-11(28-10-16(2)5-4-15(9-25-16)26-27-3)12-6-13(17(19,20)21)8-14(7-12)18(22,23)24/h6-8,11,25H,4-5,9-10H2,1-3H3/b26-15-/t11-,16-/m1/s1. The average molecular weight is 412 g/mol. The van der Waals surface area contributed by atoms with Gasteiger partial charge in [-0.3, -0.25) is 0 Å². The summed E-state index contributed by atoms with van der Waals surface area (Å²) in [5.41, 5.74) is -2.54. The van der Waals surface area contributed by atoms with Gasteiger partial charge in [-0.2, -0.15) is 26.3 Å². The lowest BCUT2D eigenvalue weighted by Gasteiger charge is -2.36. The van der Waals surface area contributed by atoms with E-state index in [0.29, 0.717) is 31.5 Å². The van der Waals surface area contributed by atoms with Crippen molar-refractivity contribution in [1.82, 2.24) is 5.32 Å². The number of nitrogens with one attached hydrogen (secondary N) is 1. The fourth-order valence-corrected chi connectivity index (χ4v) is 2.86. The van der Waals surface area contributed by atoms with Gasteiger partial charge < -0.3 is 14.9 Å². The predicted molar refractivity (Wildman–Crippen MR) is 90.9 cm³/mol. The molecule has 0 amide bonds. The van der Waals surface area contributed by atoms with E-state index >= 15 is 0 Å². The Morgan fingerprint density at radius 3 is 2.11 bits per heavy atom. The van der Waals surface area contributed by atoms with Crippen molar-refractivity contribution in [2.24, 2.45) is 5.16 Å². The molecule has 0 spiro atoms. The van der Waals surface area contributed by atoms with Crippen molar-refractivity contribution in [3.8, 4) is 0 Å². The molecule has 1 aromatic rings. The highest BCUT2D eigenvalue weighted by Gasteiger charge is 2.37. The number of ether oxygens (including phenoxy) is 1. The molecule has 0 radical (unpaired) electrons. The minimum Gasteiger partial charge on any atom is -0.399 e. The largest absolute Gasteiger partial charge is 0.416 e. The summed E-state index contributed by atoms with van der Waals surface area (Å²) >= 11 is 0. The first kappa shape index (κ1) is 22.5. The minimum atomic E-state index is -4.89. The van der Waals surface area contributed by atoms with Gasteiger partial charge in [0.25, 0.3) is 0 Å². The van der Waals surface area contributed by atoms with Gasteiger partial charge in [0.15, 0.2) is 0 Å². The van der Waals surface area contributed by atoms with E-state index in [1.807, 2.05) is 6.92 Å². The molecule has 1 aliphatic heterocycles. The van der Waals surface area contributed by atoms with Gasteiger partial charge in [-0.1, -0.05) is 5.16 Å². The molecular weight excluding hydrogens is 390 g/mol. The zero-order valence-corrected chi connectivity index (χ0v) is 15.7. The average Bonchev–Trinajstić information content (AvgIpc) is 2.60. The number of nitrogens with zero attached hydrogens (tertiary/aromatic N) is 1. The first-order valence-corrected chi connectivity index (χ1v) is 8.59. The Morgan fingerprint density at radius 1 is 1.11 bits per heavy atom. The van der Waals surface area contributed by atoms with Gasteiger partial charge in [0, 0.05) is 12.1 Å². The van der Waals surface area contributed by atoms with E-state index in [2.05, 4.69) is 10.5 Å². The molecular formula is C18H22F6N2O2. The number of alkyl halides is 6. The lowest BCUT2D eigenvalue weighted by atomic mass is 9.91. The van der Waals surface area contributed by atoms with Crippen LogP contribution in [0.4, 0.5) is 26.3 Å². The van der Waals surface area contributed by atoms with Crippen LogP contribution in [-0.2, 0) is 21.9 Å². The molecule has 2 rings (SSSR count). The highest BCUT2D eigenvalue weighted by atomic mass is 19.4. The van der Waals surface area contributed by atoms with Gasteiger partial charge in [0.05, 0.1) is 29.5 Å². The molecule has 0 aliphatic carbocycles. The summed E-state index contributed by atoms with van der Waals surface area (Å²) in [7, 11) is 1.44. The topological polar surface area (TPSA) is 42.9 Å². The summed E-state index contributed by atoms with van der Waals surface area (Å²) in [6.07, 6.45) is -9.43. The van der Waals surface area contributed by atoms with E-state index in [-0.39, 0.29) is 18.2 Å². The van der Waals surface area contributed by atoms with E-state index in [1.165, 1.54) is 14.0 Å². The summed E-state index contributed by atoms with van der Waals surface area (Å²) in [4.78, 5) is 4.72. The first-order chi connectivity index (χ1) is 12.8. The molecule has 0 saturated carbocycles. The summed E-state index contributed by atoms with van der Waals surface area (Å²) in [5.74, 6) is 0. The van der Waals surface area contributed by atoms with Crippen LogP contribution >= 0.6 is 0 Å². The number of hydrogen-bond acceptors (Lipinski definition) is 4. The molecule has 158 valence electrons. The van der Waals surface area contributed by atoms with Crippen molar-refractivity contribution in [3.05, 3.63) is 34.9 Å². The number of rotatable bonds is 5. The lowest BCUT2D eigenvalue weighted by molar-refractivity contribution is -0.143. The second-order valence-electron chi connectivity index (χ2n) is 7.05. The highest BCUT2D eigenvalue weighted by Crippen LogP contribution is 2.38. The highest BCUT2D eigenvalue weighted by molar-refractivity contribution is 5.86. The second kappa shape index (κ2) is 8.28. The van der Waals surface area contributed by atoms with E-state index < -0.39 is 35.1 Å². The van der Waals surface area contributed by atoms with Crippen molar-refractivity contribution in [3.63, 3.8) is 0 Å². The number of oxime groups is 1. The Labute approximate surface area is 158 Å². The van der Waals surface area contributed by atoms with E-state index in [9.17, 15) is 26.3 Å². The van der Waals surface area contributed by atoms with Crippen LogP contribution in [0, 0.1) is 0 Å². The zero-order chi connectivity index (χ0) is 21.2. The fraction of sp³-hybridized carbons (Fsp3) is 0.611. The third kappa shape index (κ3) is 5.84. The van der Waals surface area contributed by atoms with Crippen LogP contribution in [-0.4, -0.2) is 31.5 Å². The monoisotopic (exact) mass is 412 g/mol. The maximum atomic E-state index is 13.0. The molecule has 0 aromatic heterocycles.